The number of carbonyl (C=O) groups is 2. The van der Waals surface area contributed by atoms with Crippen LogP contribution in [0.15, 0.2) is 97.2 Å². The van der Waals surface area contributed by atoms with Gasteiger partial charge in [0.25, 0.3) is 0 Å². The lowest BCUT2D eigenvalue weighted by Crippen LogP contribution is -2.37. The zero-order valence-electron chi connectivity index (χ0n) is 37.3. The number of quaternary nitrogens is 1. The summed E-state index contributed by atoms with van der Waals surface area (Å²) >= 11 is 0. The van der Waals surface area contributed by atoms with Gasteiger partial charge < -0.3 is 24.0 Å². The maximum Gasteiger partial charge on any atom is 0.472 e. The van der Waals surface area contributed by atoms with E-state index in [0.717, 1.165) is 38.5 Å². The lowest BCUT2D eigenvalue weighted by atomic mass is 10.1. The van der Waals surface area contributed by atoms with Gasteiger partial charge in [-0.05, 0) is 77.0 Å². The molecular weight excluding hydrogens is 766 g/mol. The Morgan fingerprint density at radius 1 is 0.610 bits per heavy atom. The van der Waals surface area contributed by atoms with Crippen LogP contribution >= 0.6 is 7.82 Å². The van der Waals surface area contributed by atoms with Crippen LogP contribution in [0.5, 0.6) is 0 Å². The van der Waals surface area contributed by atoms with Crippen LogP contribution in [0.2, 0.25) is 0 Å². The number of aliphatic hydroxyl groups is 1. The first-order valence-corrected chi connectivity index (χ1v) is 23.6. The third-order valence-electron chi connectivity index (χ3n) is 8.76. The quantitative estimate of drug-likeness (QED) is 0.0156. The minimum absolute atomic E-state index is 0.00215. The van der Waals surface area contributed by atoms with Gasteiger partial charge in [0.05, 0.1) is 33.9 Å². The van der Waals surface area contributed by atoms with Gasteiger partial charge in [-0.15, -0.1) is 0 Å². The number of hydrogen-bond donors (Lipinski definition) is 2. The number of aliphatic hydroxyl groups excluding tert-OH is 1. The topological polar surface area (TPSA) is 129 Å². The SMILES string of the molecule is CCCCCCCC/C=C\C/C=C\C/C=C\CCCC(=O)O[C@H](COC(=O)CCC/C=C\C/C=C\C/C=C\C/C=C\C=C\[C@@H](O)CC)COP(=O)(O)OCC[N+](C)(C)C. The van der Waals surface area contributed by atoms with Crippen molar-refractivity contribution < 1.29 is 47.2 Å². The summed E-state index contributed by atoms with van der Waals surface area (Å²) in [5.74, 6) is -0.958. The van der Waals surface area contributed by atoms with Crippen molar-refractivity contribution in [1.82, 2.24) is 0 Å². The number of nitrogens with zero attached hydrogens (tertiary/aromatic N) is 1. The number of esters is 2. The molecule has 10 nitrogen and oxygen atoms in total. The molecule has 0 fully saturated rings. The second kappa shape index (κ2) is 39.1. The number of carbonyl (C=O) groups excluding carboxylic acids is 2. The molecule has 59 heavy (non-hydrogen) atoms. The average molecular weight is 847 g/mol. The Hall–Kier alpha value is -3.11. The van der Waals surface area contributed by atoms with Crippen LogP contribution in [-0.2, 0) is 32.7 Å². The Balaban J connectivity index is 4.58. The first-order chi connectivity index (χ1) is 28.4. The van der Waals surface area contributed by atoms with Crippen LogP contribution in [0.3, 0.4) is 0 Å². The molecule has 0 spiro atoms. The van der Waals surface area contributed by atoms with Crippen LogP contribution in [0, 0.1) is 0 Å². The van der Waals surface area contributed by atoms with Crippen LogP contribution in [0.4, 0.5) is 0 Å². The summed E-state index contributed by atoms with van der Waals surface area (Å²) in [4.78, 5) is 35.3. The molecule has 0 aromatic rings. The van der Waals surface area contributed by atoms with Crippen LogP contribution in [-0.4, -0.2) is 86.1 Å². The second-order valence-corrected chi connectivity index (χ2v) is 17.0. The molecule has 0 rings (SSSR count). The summed E-state index contributed by atoms with van der Waals surface area (Å²) < 4.78 is 34.1. The molecule has 0 aromatic carbocycles. The molecule has 3 atom stereocenters. The van der Waals surface area contributed by atoms with E-state index >= 15 is 0 Å². The van der Waals surface area contributed by atoms with E-state index in [0.29, 0.717) is 43.1 Å². The second-order valence-electron chi connectivity index (χ2n) is 15.5. The zero-order chi connectivity index (χ0) is 43.7. The normalized spacial score (nSPS) is 15.0. The summed E-state index contributed by atoms with van der Waals surface area (Å²) in [7, 11) is 1.38. The van der Waals surface area contributed by atoms with E-state index in [4.69, 9.17) is 18.5 Å². The fraction of sp³-hybridized carbons (Fsp3) is 0.625. The molecule has 0 aliphatic heterocycles. The number of rotatable bonds is 38. The number of likely N-dealkylation sites (N-methyl/N-ethyl adjacent to an activating group) is 1. The molecule has 1 unspecified atom stereocenters. The van der Waals surface area contributed by atoms with E-state index in [9.17, 15) is 24.2 Å². The van der Waals surface area contributed by atoms with Crippen molar-refractivity contribution in [1.29, 1.82) is 0 Å². The lowest BCUT2D eigenvalue weighted by molar-refractivity contribution is -0.870. The largest absolute Gasteiger partial charge is 0.472 e. The fourth-order valence-corrected chi connectivity index (χ4v) is 5.87. The van der Waals surface area contributed by atoms with Crippen LogP contribution < -0.4 is 0 Å². The number of hydrogen-bond acceptors (Lipinski definition) is 8. The minimum atomic E-state index is -4.42. The minimum Gasteiger partial charge on any atom is -0.462 e. The Bertz CT molecular complexity index is 1340. The van der Waals surface area contributed by atoms with Crippen molar-refractivity contribution in [2.45, 2.75) is 148 Å². The molecule has 0 bridgehead atoms. The number of unbranched alkanes of at least 4 members (excludes halogenated alkanes) is 8. The zero-order valence-corrected chi connectivity index (χ0v) is 38.2. The van der Waals surface area contributed by atoms with Gasteiger partial charge in [-0.3, -0.25) is 18.6 Å². The molecule has 2 N–H and O–H groups in total. The highest BCUT2D eigenvalue weighted by Crippen LogP contribution is 2.43. The Kier molecular flexibility index (Phi) is 37.0. The van der Waals surface area contributed by atoms with Crippen LogP contribution in [0.1, 0.15) is 136 Å². The van der Waals surface area contributed by atoms with Crippen molar-refractivity contribution >= 4 is 19.8 Å². The fourth-order valence-electron chi connectivity index (χ4n) is 5.13. The Morgan fingerprint density at radius 3 is 1.64 bits per heavy atom. The van der Waals surface area contributed by atoms with Crippen molar-refractivity contribution in [3.8, 4) is 0 Å². The van der Waals surface area contributed by atoms with E-state index in [1.807, 2.05) is 58.4 Å². The van der Waals surface area contributed by atoms with Gasteiger partial charge in [0.15, 0.2) is 6.10 Å². The average Bonchev–Trinajstić information content (AvgIpc) is 3.19. The molecule has 0 aliphatic rings. The number of allylic oxidation sites excluding steroid dienone is 15. The molecule has 11 heteroatoms. The number of ether oxygens (including phenoxy) is 2. The van der Waals surface area contributed by atoms with E-state index in [2.05, 4.69) is 67.7 Å². The van der Waals surface area contributed by atoms with Gasteiger partial charge in [0.1, 0.15) is 19.8 Å². The van der Waals surface area contributed by atoms with Crippen molar-refractivity contribution in [3.63, 3.8) is 0 Å². The van der Waals surface area contributed by atoms with Gasteiger partial charge >= 0.3 is 19.8 Å². The molecule has 0 aromatic heterocycles. The van der Waals surface area contributed by atoms with Crippen molar-refractivity contribution in [3.05, 3.63) is 97.2 Å². The summed E-state index contributed by atoms with van der Waals surface area (Å²) in [6.07, 6.45) is 48.5. The molecule has 0 saturated carbocycles. The van der Waals surface area contributed by atoms with Gasteiger partial charge in [-0.25, -0.2) is 4.57 Å². The standard InChI is InChI=1S/C48H80NO9P/c1-6-8-9-10-11-12-13-14-15-16-17-22-25-28-31-34-37-40-48(52)58-46(44-57-59(53,54)56-42-41-49(3,4)5)43-55-47(51)39-36-33-30-27-24-21-19-18-20-23-26-29-32-35-38-45(50)7-2/h14-15,17,19-23,27-32,35,38,45-46,50H,6-13,16,18,24-26,33-34,36-37,39-44H2,1-5H3/p+1/b15-14-,21-19-,22-17-,23-20-,30-27-,31-28-,32-29-,38-35+/t45-,46+/m0/s1. The first kappa shape index (κ1) is 55.9. The van der Waals surface area contributed by atoms with E-state index < -0.39 is 32.5 Å². The Morgan fingerprint density at radius 2 is 1.10 bits per heavy atom. The monoisotopic (exact) mass is 847 g/mol. The van der Waals surface area contributed by atoms with E-state index in [1.54, 1.807) is 6.08 Å². The molecule has 336 valence electrons. The predicted molar refractivity (Wildman–Crippen MR) is 244 cm³/mol. The highest BCUT2D eigenvalue weighted by molar-refractivity contribution is 7.47. The van der Waals surface area contributed by atoms with Crippen molar-refractivity contribution in [2.24, 2.45) is 0 Å². The summed E-state index contributed by atoms with van der Waals surface area (Å²) in [5.41, 5.74) is 0. The molecule has 0 amide bonds. The summed E-state index contributed by atoms with van der Waals surface area (Å²) in [6.45, 7) is 3.92. The van der Waals surface area contributed by atoms with Gasteiger partial charge in [0.2, 0.25) is 0 Å². The van der Waals surface area contributed by atoms with Gasteiger partial charge in [-0.2, -0.15) is 0 Å². The van der Waals surface area contributed by atoms with E-state index in [-0.39, 0.29) is 32.2 Å². The van der Waals surface area contributed by atoms with Gasteiger partial charge in [0, 0.05) is 12.8 Å². The highest BCUT2D eigenvalue weighted by Gasteiger charge is 2.27. The molecule has 0 heterocycles. The molecule has 0 aliphatic carbocycles. The lowest BCUT2D eigenvalue weighted by Gasteiger charge is -2.24. The number of phosphoric acid groups is 1. The smallest absolute Gasteiger partial charge is 0.462 e. The Labute approximate surface area is 358 Å². The third kappa shape index (κ3) is 42.8. The van der Waals surface area contributed by atoms with Gasteiger partial charge in [-0.1, -0.05) is 143 Å². The predicted octanol–water partition coefficient (Wildman–Crippen LogP) is 11.5. The van der Waals surface area contributed by atoms with E-state index in [1.165, 1.54) is 38.5 Å². The van der Waals surface area contributed by atoms with Crippen LogP contribution in [0.25, 0.3) is 0 Å². The maximum absolute atomic E-state index is 12.7. The first-order valence-electron chi connectivity index (χ1n) is 22.1. The molecule has 0 radical (unpaired) electrons. The maximum atomic E-state index is 12.7. The third-order valence-corrected chi connectivity index (χ3v) is 9.74. The number of phosphoric ester groups is 1. The highest BCUT2D eigenvalue weighted by atomic mass is 31.2. The summed E-state index contributed by atoms with van der Waals surface area (Å²) in [5, 5.41) is 9.48. The molecule has 0 saturated heterocycles. The summed E-state index contributed by atoms with van der Waals surface area (Å²) in [6, 6.07) is 0. The van der Waals surface area contributed by atoms with Crippen molar-refractivity contribution in [2.75, 3.05) is 47.5 Å². The molecular formula is C48H81NO9P+.